The Bertz CT molecular complexity index is 950. The van der Waals surface area contributed by atoms with Crippen LogP contribution in [0.4, 0.5) is 5.69 Å². The van der Waals surface area contributed by atoms with E-state index in [4.69, 9.17) is 4.42 Å². The number of aromatic amines is 1. The molecule has 0 saturated heterocycles. The molecule has 7 nitrogen and oxygen atoms in total. The van der Waals surface area contributed by atoms with Crippen LogP contribution in [0.1, 0.15) is 32.1 Å². The fraction of sp³-hybridized carbons (Fsp3) is 0.526. The van der Waals surface area contributed by atoms with Crippen LogP contribution in [0.15, 0.2) is 29.3 Å². The Morgan fingerprint density at radius 1 is 1.23 bits per heavy atom. The van der Waals surface area contributed by atoms with E-state index in [-0.39, 0.29) is 0 Å². The average Bonchev–Trinajstić information content (AvgIpc) is 3.27. The maximum absolute atomic E-state index is 10.9. The molecule has 4 aliphatic carbocycles. The van der Waals surface area contributed by atoms with Crippen LogP contribution in [0.25, 0.3) is 22.5 Å². The van der Waals surface area contributed by atoms with Crippen molar-refractivity contribution in [2.24, 2.45) is 17.8 Å². The Balaban J connectivity index is 1.43. The summed E-state index contributed by atoms with van der Waals surface area (Å²) in [6, 6.07) is 2.41. The van der Waals surface area contributed by atoms with E-state index < -0.39 is 5.60 Å². The first kappa shape index (κ1) is 14.7. The summed E-state index contributed by atoms with van der Waals surface area (Å²) in [5, 5.41) is 23.6. The van der Waals surface area contributed by atoms with E-state index in [0.29, 0.717) is 29.7 Å². The van der Waals surface area contributed by atoms with Gasteiger partial charge in [-0.15, -0.1) is 10.2 Å². The van der Waals surface area contributed by atoms with Crippen molar-refractivity contribution in [2.45, 2.75) is 43.7 Å². The molecule has 26 heavy (non-hydrogen) atoms. The van der Waals surface area contributed by atoms with Crippen LogP contribution in [0, 0.1) is 17.8 Å². The van der Waals surface area contributed by atoms with Crippen molar-refractivity contribution in [1.29, 1.82) is 0 Å². The number of pyridine rings is 1. The maximum atomic E-state index is 10.9. The van der Waals surface area contributed by atoms with Crippen LogP contribution >= 0.6 is 0 Å². The van der Waals surface area contributed by atoms with E-state index in [9.17, 15) is 5.11 Å². The van der Waals surface area contributed by atoms with E-state index in [0.717, 1.165) is 41.5 Å². The van der Waals surface area contributed by atoms with Crippen LogP contribution in [0.5, 0.6) is 0 Å². The van der Waals surface area contributed by atoms with Gasteiger partial charge >= 0.3 is 0 Å². The molecule has 5 atom stereocenters. The van der Waals surface area contributed by atoms with Crippen molar-refractivity contribution in [3.63, 3.8) is 0 Å². The van der Waals surface area contributed by atoms with Crippen LogP contribution in [0.2, 0.25) is 0 Å². The van der Waals surface area contributed by atoms with Gasteiger partial charge in [0.15, 0.2) is 0 Å². The number of H-pyrrole nitrogens is 1. The molecule has 0 amide bonds. The van der Waals surface area contributed by atoms with Gasteiger partial charge in [-0.2, -0.15) is 0 Å². The topological polar surface area (TPSA) is 99.9 Å². The second kappa shape index (κ2) is 5.07. The lowest BCUT2D eigenvalue weighted by Gasteiger charge is -2.58. The highest BCUT2D eigenvalue weighted by atomic mass is 16.4. The summed E-state index contributed by atoms with van der Waals surface area (Å²) < 4.78 is 5.46. The van der Waals surface area contributed by atoms with Gasteiger partial charge in [-0.25, -0.2) is 4.98 Å². The van der Waals surface area contributed by atoms with Crippen LogP contribution in [0.3, 0.4) is 0 Å². The third-order valence-electron chi connectivity index (χ3n) is 6.73. The van der Waals surface area contributed by atoms with Gasteiger partial charge in [0.25, 0.3) is 5.89 Å². The minimum atomic E-state index is -0.425. The molecule has 3 aromatic heterocycles. The molecule has 0 radical (unpaired) electrons. The number of aliphatic hydroxyl groups is 1. The molecule has 4 saturated carbocycles. The number of hydrogen-bond acceptors (Lipinski definition) is 6. The summed E-state index contributed by atoms with van der Waals surface area (Å²) in [7, 11) is 0. The Morgan fingerprint density at radius 3 is 2.81 bits per heavy atom. The molecule has 0 spiro atoms. The summed E-state index contributed by atoms with van der Waals surface area (Å²) in [6.07, 6.45) is 10.3. The first-order valence-corrected chi connectivity index (χ1v) is 9.40. The molecule has 3 heterocycles. The van der Waals surface area contributed by atoms with Crippen molar-refractivity contribution in [3.8, 4) is 11.5 Å². The summed E-state index contributed by atoms with van der Waals surface area (Å²) in [4.78, 5) is 7.67. The molecule has 134 valence electrons. The second-order valence-corrected chi connectivity index (χ2v) is 8.40. The van der Waals surface area contributed by atoms with E-state index in [1.807, 2.05) is 12.3 Å². The smallest absolute Gasteiger partial charge is 0.251 e. The zero-order valence-corrected chi connectivity index (χ0v) is 14.4. The van der Waals surface area contributed by atoms with E-state index in [2.05, 4.69) is 25.5 Å². The molecule has 4 aliphatic rings. The number of hydrogen-bond donors (Lipinski definition) is 3. The van der Waals surface area contributed by atoms with Gasteiger partial charge in [-0.3, -0.25) is 0 Å². The lowest BCUT2D eigenvalue weighted by molar-refractivity contribution is -0.129. The van der Waals surface area contributed by atoms with Gasteiger partial charge < -0.3 is 19.8 Å². The number of aromatic nitrogens is 4. The number of nitrogens with zero attached hydrogens (tertiary/aromatic N) is 3. The van der Waals surface area contributed by atoms with E-state index >= 15 is 0 Å². The lowest BCUT2D eigenvalue weighted by atomic mass is 9.52. The fourth-order valence-corrected chi connectivity index (χ4v) is 6.00. The average molecular weight is 351 g/mol. The largest absolute Gasteiger partial charge is 0.423 e. The Morgan fingerprint density at radius 2 is 2.08 bits per heavy atom. The van der Waals surface area contributed by atoms with Crippen LogP contribution < -0.4 is 5.32 Å². The zero-order valence-electron chi connectivity index (χ0n) is 14.4. The normalized spacial score (nSPS) is 35.3. The summed E-state index contributed by atoms with van der Waals surface area (Å²) in [5.41, 5.74) is 2.26. The van der Waals surface area contributed by atoms with Crippen molar-refractivity contribution in [2.75, 3.05) is 5.32 Å². The molecule has 1 unspecified atom stereocenters. The maximum Gasteiger partial charge on any atom is 0.251 e. The predicted octanol–water partition coefficient (Wildman–Crippen LogP) is 2.96. The third kappa shape index (κ3) is 2.06. The van der Waals surface area contributed by atoms with E-state index in [1.165, 1.54) is 19.2 Å². The highest BCUT2D eigenvalue weighted by Gasteiger charge is 2.54. The van der Waals surface area contributed by atoms with E-state index in [1.54, 1.807) is 6.20 Å². The summed E-state index contributed by atoms with van der Waals surface area (Å²) in [6.45, 7) is 0. The van der Waals surface area contributed by atoms with Gasteiger partial charge in [0.05, 0.1) is 16.9 Å². The fourth-order valence-electron chi connectivity index (χ4n) is 6.00. The van der Waals surface area contributed by atoms with Crippen molar-refractivity contribution >= 4 is 16.7 Å². The van der Waals surface area contributed by atoms with Crippen molar-refractivity contribution in [3.05, 3.63) is 24.9 Å². The second-order valence-electron chi connectivity index (χ2n) is 8.40. The lowest BCUT2D eigenvalue weighted by Crippen LogP contribution is -2.59. The zero-order chi connectivity index (χ0) is 17.3. The molecule has 7 heteroatoms. The number of nitrogens with one attached hydrogen (secondary N) is 2. The highest BCUT2D eigenvalue weighted by Crippen LogP contribution is 2.56. The molecular formula is C19H21N5O2. The van der Waals surface area contributed by atoms with Gasteiger partial charge in [0.1, 0.15) is 5.65 Å². The highest BCUT2D eigenvalue weighted by molar-refractivity contribution is 5.97. The number of fused-ring (bicyclic) bond motifs is 1. The monoisotopic (exact) mass is 351 g/mol. The van der Waals surface area contributed by atoms with Crippen LogP contribution in [-0.4, -0.2) is 36.9 Å². The minimum Gasteiger partial charge on any atom is -0.423 e. The minimum absolute atomic E-state index is 0.369. The molecule has 0 aromatic carbocycles. The number of rotatable bonds is 3. The van der Waals surface area contributed by atoms with Gasteiger partial charge in [0.2, 0.25) is 6.39 Å². The Hall–Kier alpha value is -2.41. The molecule has 4 fully saturated rings. The van der Waals surface area contributed by atoms with Gasteiger partial charge in [0, 0.05) is 23.8 Å². The van der Waals surface area contributed by atoms with Crippen molar-refractivity contribution in [1.82, 2.24) is 20.2 Å². The van der Waals surface area contributed by atoms with Gasteiger partial charge in [-0.05, 0) is 55.9 Å². The first-order valence-electron chi connectivity index (χ1n) is 9.40. The molecule has 3 N–H and O–H groups in total. The molecular weight excluding hydrogens is 330 g/mol. The molecule has 4 bridgehead atoms. The van der Waals surface area contributed by atoms with Crippen molar-refractivity contribution < 1.29 is 9.52 Å². The standard InChI is InChI=1S/C19H21N5O2/c25-19-5-10-3-11(6-19)15(12(4-10)7-19)23-16-13-1-2-20-17(13)21-8-14(16)18-24-22-9-26-18/h1-2,8-12,15,25H,3-7H2,(H2,20,21,23)/t10?,11-,12+,15+,19-. The quantitative estimate of drug-likeness (QED) is 0.671. The Labute approximate surface area is 150 Å². The molecule has 0 aliphatic heterocycles. The summed E-state index contributed by atoms with van der Waals surface area (Å²) in [5.74, 6) is 2.20. The van der Waals surface area contributed by atoms with Crippen LogP contribution in [-0.2, 0) is 0 Å². The SMILES string of the molecule is O[C@]12CC3C[C@H](C1)[C@H](Nc1c(-c4nnco4)cnc4[nH]ccc14)[C@@H](C3)C2. The number of anilines is 1. The van der Waals surface area contributed by atoms with Gasteiger partial charge in [-0.1, -0.05) is 0 Å². The molecule has 3 aromatic rings. The Kier molecular flexibility index (Phi) is 2.87. The molecule has 7 rings (SSSR count). The first-order chi connectivity index (χ1) is 12.7. The summed E-state index contributed by atoms with van der Waals surface area (Å²) >= 11 is 0. The third-order valence-corrected chi connectivity index (χ3v) is 6.73. The predicted molar refractivity (Wildman–Crippen MR) is 95.3 cm³/mol.